The van der Waals surface area contributed by atoms with Gasteiger partial charge in [-0.25, -0.2) is 4.39 Å². The van der Waals surface area contributed by atoms with Gasteiger partial charge in [-0.3, -0.25) is 14.4 Å². The number of halogens is 1. The molecule has 0 aliphatic heterocycles. The largest absolute Gasteiger partial charge is 0.394 e. The second kappa shape index (κ2) is 8.88. The van der Waals surface area contributed by atoms with E-state index in [1.54, 1.807) is 33.9 Å². The summed E-state index contributed by atoms with van der Waals surface area (Å²) in [5.41, 5.74) is -0.383. The molecule has 0 radical (unpaired) electrons. The van der Waals surface area contributed by atoms with Crippen molar-refractivity contribution in [1.82, 2.24) is 9.88 Å². The molecule has 1 unspecified atom stereocenters. The monoisotopic (exact) mass is 414 g/mol. The van der Waals surface area contributed by atoms with Gasteiger partial charge in [0.05, 0.1) is 17.7 Å². The van der Waals surface area contributed by atoms with Crippen molar-refractivity contribution in [1.29, 1.82) is 5.26 Å². The lowest BCUT2D eigenvalue weighted by Gasteiger charge is -2.26. The van der Waals surface area contributed by atoms with Gasteiger partial charge in [-0.15, -0.1) is 0 Å². The highest BCUT2D eigenvalue weighted by Gasteiger charge is 2.30. The summed E-state index contributed by atoms with van der Waals surface area (Å²) >= 11 is 0. The van der Waals surface area contributed by atoms with Crippen molar-refractivity contribution in [3.05, 3.63) is 52.6 Å². The molecule has 2 rings (SSSR count). The first kappa shape index (κ1) is 22.8. The molecule has 0 bridgehead atoms. The van der Waals surface area contributed by atoms with E-state index in [1.165, 1.54) is 22.8 Å². The van der Waals surface area contributed by atoms with Crippen LogP contribution in [-0.4, -0.2) is 39.4 Å². The van der Waals surface area contributed by atoms with Gasteiger partial charge in [0.2, 0.25) is 0 Å². The van der Waals surface area contributed by atoms with Crippen LogP contribution in [0.2, 0.25) is 0 Å². The first-order valence-electron chi connectivity index (χ1n) is 9.22. The Morgan fingerprint density at radius 3 is 2.53 bits per heavy atom. The molecule has 0 saturated carbocycles. The summed E-state index contributed by atoms with van der Waals surface area (Å²) in [6.07, 6.45) is 0.423. The second-order valence-corrected chi connectivity index (χ2v) is 7.20. The Kier molecular flexibility index (Phi) is 6.74. The molecule has 2 amide bonds. The first-order valence-corrected chi connectivity index (χ1v) is 9.22. The van der Waals surface area contributed by atoms with Crippen LogP contribution in [0.15, 0.2) is 24.3 Å². The van der Waals surface area contributed by atoms with Crippen molar-refractivity contribution in [3.63, 3.8) is 0 Å². The Bertz CT molecular complexity index is 1050. The number of amides is 2. The van der Waals surface area contributed by atoms with Crippen LogP contribution in [0.25, 0.3) is 0 Å². The number of carbonyl (C=O) groups excluding carboxylic acids is 3. The van der Waals surface area contributed by atoms with Crippen LogP contribution in [0.3, 0.4) is 0 Å². The summed E-state index contributed by atoms with van der Waals surface area (Å²) in [6.45, 7) is 4.65. The number of benzene rings is 1. The minimum Gasteiger partial charge on any atom is -0.394 e. The van der Waals surface area contributed by atoms with Crippen LogP contribution in [0.1, 0.15) is 52.4 Å². The van der Waals surface area contributed by atoms with Gasteiger partial charge in [-0.1, -0.05) is 6.92 Å². The van der Waals surface area contributed by atoms with E-state index in [1.807, 2.05) is 0 Å². The van der Waals surface area contributed by atoms with Gasteiger partial charge in [0.15, 0.2) is 0 Å². The van der Waals surface area contributed by atoms with Gasteiger partial charge < -0.3 is 20.3 Å². The van der Waals surface area contributed by atoms with Gasteiger partial charge >= 0.3 is 0 Å². The number of aromatic nitrogens is 1. The quantitative estimate of drug-likeness (QED) is 0.473. The lowest BCUT2D eigenvalue weighted by atomic mass is 9.99. The van der Waals surface area contributed by atoms with Crippen LogP contribution in [0, 0.1) is 24.1 Å². The molecule has 1 aromatic heterocycles. The first-order chi connectivity index (χ1) is 14.1. The molecule has 1 aromatic carbocycles. The van der Waals surface area contributed by atoms with Gasteiger partial charge in [0.1, 0.15) is 17.6 Å². The maximum absolute atomic E-state index is 13.5. The highest BCUT2D eigenvalue weighted by Crippen LogP contribution is 2.19. The Morgan fingerprint density at radius 2 is 1.97 bits per heavy atom. The minimum atomic E-state index is -0.934. The highest BCUT2D eigenvalue weighted by molar-refractivity contribution is 6.43. The molecule has 0 aliphatic carbocycles. The van der Waals surface area contributed by atoms with E-state index in [0.29, 0.717) is 12.1 Å². The Morgan fingerprint density at radius 1 is 1.30 bits per heavy atom. The summed E-state index contributed by atoms with van der Waals surface area (Å²) < 4.78 is 14.9. The van der Waals surface area contributed by atoms with E-state index in [2.05, 4.69) is 10.6 Å². The van der Waals surface area contributed by atoms with E-state index >= 15 is 0 Å². The minimum absolute atomic E-state index is 0.0494. The van der Waals surface area contributed by atoms with E-state index < -0.39 is 29.0 Å². The van der Waals surface area contributed by atoms with Crippen molar-refractivity contribution in [3.8, 4) is 6.07 Å². The fourth-order valence-corrected chi connectivity index (χ4v) is 2.72. The summed E-state index contributed by atoms with van der Waals surface area (Å²) in [7, 11) is 1.56. The van der Waals surface area contributed by atoms with Crippen LogP contribution >= 0.6 is 0 Å². The number of ketones is 1. The summed E-state index contributed by atoms with van der Waals surface area (Å²) in [5.74, 6) is -3.01. The van der Waals surface area contributed by atoms with Crippen molar-refractivity contribution in [2.75, 3.05) is 11.9 Å². The molecule has 2 aromatic rings. The lowest BCUT2D eigenvalue weighted by Crippen LogP contribution is -2.50. The number of aliphatic hydroxyl groups excluding tert-OH is 1. The fraction of sp³-hybridized carbons (Fsp3) is 0.333. The number of nitrogens with zero attached hydrogens (tertiary/aromatic N) is 2. The SMILES string of the molecule is CCC(C)(CO)NC(=O)C(=O)c1cc(C(=O)Nc2ccc(F)c(C#N)c2)n(C)c1C. The van der Waals surface area contributed by atoms with Crippen LogP contribution in [0.4, 0.5) is 10.1 Å². The topological polar surface area (TPSA) is 124 Å². The van der Waals surface area contributed by atoms with E-state index in [0.717, 1.165) is 6.07 Å². The molecule has 0 spiro atoms. The number of hydrogen-bond donors (Lipinski definition) is 3. The predicted octanol–water partition coefficient (Wildman–Crippen LogP) is 2.06. The van der Waals surface area contributed by atoms with Crippen molar-refractivity contribution >= 4 is 23.3 Å². The van der Waals surface area contributed by atoms with Gasteiger partial charge in [0.25, 0.3) is 17.6 Å². The molecule has 158 valence electrons. The number of carbonyl (C=O) groups is 3. The third-order valence-corrected chi connectivity index (χ3v) is 5.11. The van der Waals surface area contributed by atoms with E-state index in [-0.39, 0.29) is 29.1 Å². The average molecular weight is 414 g/mol. The van der Waals surface area contributed by atoms with Crippen LogP contribution in [0.5, 0.6) is 0 Å². The van der Waals surface area contributed by atoms with Crippen molar-refractivity contribution < 1.29 is 23.9 Å². The second-order valence-electron chi connectivity index (χ2n) is 7.20. The van der Waals surface area contributed by atoms with Crippen molar-refractivity contribution in [2.45, 2.75) is 32.7 Å². The van der Waals surface area contributed by atoms with Gasteiger partial charge in [-0.2, -0.15) is 5.26 Å². The molecular weight excluding hydrogens is 391 g/mol. The Balaban J connectivity index is 2.28. The third-order valence-electron chi connectivity index (χ3n) is 5.11. The summed E-state index contributed by atoms with van der Waals surface area (Å²) in [5, 5.41) is 23.4. The van der Waals surface area contributed by atoms with E-state index in [9.17, 15) is 23.9 Å². The zero-order valence-electron chi connectivity index (χ0n) is 17.2. The molecule has 1 heterocycles. The molecule has 30 heavy (non-hydrogen) atoms. The maximum Gasteiger partial charge on any atom is 0.292 e. The zero-order chi connectivity index (χ0) is 22.6. The normalized spacial score (nSPS) is 12.6. The van der Waals surface area contributed by atoms with Crippen molar-refractivity contribution in [2.24, 2.45) is 7.05 Å². The van der Waals surface area contributed by atoms with Gasteiger partial charge in [-0.05, 0) is 44.5 Å². The molecule has 0 saturated heterocycles. The zero-order valence-corrected chi connectivity index (χ0v) is 17.2. The number of Topliss-reactive ketones (excluding diaryl/α,β-unsaturated/α-hetero) is 1. The number of anilines is 1. The van der Waals surface area contributed by atoms with Crippen LogP contribution in [-0.2, 0) is 11.8 Å². The predicted molar refractivity (Wildman–Crippen MR) is 107 cm³/mol. The number of nitrogens with one attached hydrogen (secondary N) is 2. The number of hydrogen-bond acceptors (Lipinski definition) is 5. The summed E-state index contributed by atoms with van der Waals surface area (Å²) in [6, 6.07) is 6.56. The Hall–Kier alpha value is -3.51. The maximum atomic E-state index is 13.5. The fourth-order valence-electron chi connectivity index (χ4n) is 2.72. The standard InChI is InChI=1S/C21H23FN4O4/c1-5-21(3,11-27)25-20(30)18(28)15-9-17(26(4)12(15)2)19(29)24-14-6-7-16(22)13(8-14)10-23/h6-9,27H,5,11H2,1-4H3,(H,24,29)(H,25,30). The molecule has 8 nitrogen and oxygen atoms in total. The smallest absolute Gasteiger partial charge is 0.292 e. The lowest BCUT2D eigenvalue weighted by molar-refractivity contribution is -0.119. The number of aliphatic hydroxyl groups is 1. The molecular formula is C21H23FN4O4. The molecule has 1 atom stereocenters. The summed E-state index contributed by atoms with van der Waals surface area (Å²) in [4.78, 5) is 37.6. The highest BCUT2D eigenvalue weighted by atomic mass is 19.1. The third kappa shape index (κ3) is 4.55. The molecule has 0 fully saturated rings. The number of nitriles is 1. The number of rotatable bonds is 7. The van der Waals surface area contributed by atoms with E-state index in [4.69, 9.17) is 5.26 Å². The molecule has 9 heteroatoms. The van der Waals surface area contributed by atoms with Gasteiger partial charge in [0, 0.05) is 24.0 Å². The van der Waals surface area contributed by atoms with Crippen LogP contribution < -0.4 is 10.6 Å². The molecule has 0 aliphatic rings. The Labute approximate surface area is 173 Å². The molecule has 3 N–H and O–H groups in total. The average Bonchev–Trinajstić information content (AvgIpc) is 3.03.